The van der Waals surface area contributed by atoms with Gasteiger partial charge in [-0.05, 0) is 12.0 Å². The molecule has 1 rings (SSSR count). The van der Waals surface area contributed by atoms with Gasteiger partial charge < -0.3 is 5.32 Å². The summed E-state index contributed by atoms with van der Waals surface area (Å²) in [6.07, 6.45) is -12.3. The van der Waals surface area contributed by atoms with Crippen LogP contribution in [0, 0.1) is 11.7 Å². The molecule has 0 radical (unpaired) electrons. The van der Waals surface area contributed by atoms with Gasteiger partial charge >= 0.3 is 12.4 Å². The molecule has 0 atom stereocenters. The Bertz CT molecular complexity index is 582. The molecule has 0 bridgehead atoms. The number of alkyl halides is 6. The van der Waals surface area contributed by atoms with Gasteiger partial charge in [-0.3, -0.25) is 10.1 Å². The summed E-state index contributed by atoms with van der Waals surface area (Å²) < 4.78 is 93.2. The fourth-order valence-electron chi connectivity index (χ4n) is 2.05. The summed E-state index contributed by atoms with van der Waals surface area (Å²) in [6.45, 7) is 1.85. The van der Waals surface area contributed by atoms with Crippen molar-refractivity contribution in [3.63, 3.8) is 0 Å². The lowest BCUT2D eigenvalue weighted by Gasteiger charge is -2.38. The molecule has 0 aromatic heterocycles. The number of rotatable bonds is 6. The molecule has 1 aromatic carbocycles. The molecule has 0 spiro atoms. The van der Waals surface area contributed by atoms with Crippen molar-refractivity contribution in [2.75, 3.05) is 0 Å². The van der Waals surface area contributed by atoms with Gasteiger partial charge in [-0.25, -0.2) is 4.39 Å². The van der Waals surface area contributed by atoms with Crippen molar-refractivity contribution in [2.45, 2.75) is 44.8 Å². The largest absolute Gasteiger partial charge is 0.434 e. The highest BCUT2D eigenvalue weighted by molar-refractivity contribution is 5.77. The van der Waals surface area contributed by atoms with Gasteiger partial charge in [0.05, 0.1) is 0 Å². The predicted octanol–water partition coefficient (Wildman–Crippen LogP) is 3.90. The van der Waals surface area contributed by atoms with E-state index in [1.54, 1.807) is 0 Å². The van der Waals surface area contributed by atoms with Crippen LogP contribution >= 0.6 is 0 Å². The van der Waals surface area contributed by atoms with E-state index >= 15 is 0 Å². The Morgan fingerprint density at radius 2 is 1.56 bits per heavy atom. The first-order chi connectivity index (χ1) is 11.3. The van der Waals surface area contributed by atoms with Gasteiger partial charge in [0, 0.05) is 18.5 Å². The molecule has 0 saturated carbocycles. The van der Waals surface area contributed by atoms with Crippen LogP contribution in [0.5, 0.6) is 0 Å². The average Bonchev–Trinajstić information content (AvgIpc) is 2.41. The number of carbonyl (C=O) groups excluding carboxylic acids is 1. The van der Waals surface area contributed by atoms with Crippen LogP contribution < -0.4 is 10.6 Å². The Hall–Kier alpha value is -1.84. The van der Waals surface area contributed by atoms with Crippen molar-refractivity contribution in [2.24, 2.45) is 5.92 Å². The molecule has 142 valence electrons. The van der Waals surface area contributed by atoms with Crippen molar-refractivity contribution >= 4 is 5.91 Å². The van der Waals surface area contributed by atoms with E-state index in [1.165, 1.54) is 31.3 Å². The van der Waals surface area contributed by atoms with Crippen LogP contribution in [0.2, 0.25) is 0 Å². The van der Waals surface area contributed by atoms with Crippen LogP contribution in [-0.4, -0.2) is 23.9 Å². The summed E-state index contributed by atoms with van der Waals surface area (Å²) in [5, 5.41) is 2.26. The summed E-state index contributed by atoms with van der Waals surface area (Å²) in [6, 6.07) is 4.44. The molecule has 3 nitrogen and oxygen atoms in total. The average molecular weight is 374 g/mol. The zero-order valence-electron chi connectivity index (χ0n) is 13.4. The first-order valence-electron chi connectivity index (χ1n) is 7.23. The van der Waals surface area contributed by atoms with E-state index in [0.29, 0.717) is 0 Å². The van der Waals surface area contributed by atoms with E-state index in [9.17, 15) is 35.5 Å². The minimum absolute atomic E-state index is 0.404. The van der Waals surface area contributed by atoms with Gasteiger partial charge in [0.1, 0.15) is 5.82 Å². The van der Waals surface area contributed by atoms with E-state index < -0.39 is 54.2 Å². The smallest absolute Gasteiger partial charge is 0.323 e. The van der Waals surface area contributed by atoms with Gasteiger partial charge in [-0.2, -0.15) is 26.3 Å². The van der Waals surface area contributed by atoms with Crippen molar-refractivity contribution in [1.82, 2.24) is 10.6 Å². The second-order valence-electron chi connectivity index (χ2n) is 5.84. The molecule has 0 aliphatic heterocycles. The Morgan fingerprint density at radius 1 is 1.04 bits per heavy atom. The minimum atomic E-state index is -5.90. The Morgan fingerprint density at radius 3 is 2.00 bits per heavy atom. The Kier molecular flexibility index (Phi) is 6.44. The molecule has 0 saturated heterocycles. The lowest BCUT2D eigenvalue weighted by Crippen LogP contribution is -2.75. The third-order valence-corrected chi connectivity index (χ3v) is 3.27. The molecular weight excluding hydrogens is 357 g/mol. The Labute approximate surface area is 139 Å². The summed E-state index contributed by atoms with van der Waals surface area (Å²) in [7, 11) is 0. The number of hydrogen-bond acceptors (Lipinski definition) is 2. The third kappa shape index (κ3) is 5.07. The van der Waals surface area contributed by atoms with Gasteiger partial charge in [0.15, 0.2) is 0 Å². The molecular formula is C15H17F7N2O. The summed E-state index contributed by atoms with van der Waals surface area (Å²) in [5.74, 6) is -2.85. The zero-order valence-corrected chi connectivity index (χ0v) is 13.4. The highest BCUT2D eigenvalue weighted by atomic mass is 19.4. The zero-order chi connectivity index (χ0) is 19.5. The minimum Gasteiger partial charge on any atom is -0.323 e. The van der Waals surface area contributed by atoms with Crippen LogP contribution in [0.3, 0.4) is 0 Å². The number of nitrogens with one attached hydrogen (secondary N) is 2. The van der Waals surface area contributed by atoms with E-state index in [1.807, 2.05) is 0 Å². The number of benzene rings is 1. The summed E-state index contributed by atoms with van der Waals surface area (Å²) in [4.78, 5) is 11.6. The van der Waals surface area contributed by atoms with Gasteiger partial charge in [-0.15, -0.1) is 0 Å². The van der Waals surface area contributed by atoms with Crippen LogP contribution in [0.4, 0.5) is 30.7 Å². The van der Waals surface area contributed by atoms with E-state index in [2.05, 4.69) is 0 Å². The number of halogens is 7. The Balaban J connectivity index is 3.21. The SMILES string of the molecule is CC(C)CC(=O)NC(NCc1ccccc1F)(C(F)(F)F)C(F)(F)F. The first-order valence-corrected chi connectivity index (χ1v) is 7.23. The topological polar surface area (TPSA) is 41.1 Å². The van der Waals surface area contributed by atoms with Crippen molar-refractivity contribution in [1.29, 1.82) is 0 Å². The van der Waals surface area contributed by atoms with Gasteiger partial charge in [-0.1, -0.05) is 32.0 Å². The fraction of sp³-hybridized carbons (Fsp3) is 0.533. The fourth-order valence-corrected chi connectivity index (χ4v) is 2.05. The summed E-state index contributed by atoms with van der Waals surface area (Å²) >= 11 is 0. The standard InChI is InChI=1S/C15H17F7N2O/c1-9(2)7-12(25)24-13(14(17,18)19,15(20,21)22)23-8-10-5-3-4-6-11(10)16/h3-6,9,23H,7-8H2,1-2H3,(H,24,25). The maximum atomic E-state index is 13.5. The molecule has 0 unspecified atom stereocenters. The molecule has 1 amide bonds. The lowest BCUT2D eigenvalue weighted by molar-refractivity contribution is -0.316. The van der Waals surface area contributed by atoms with E-state index in [4.69, 9.17) is 0 Å². The number of amides is 1. The van der Waals surface area contributed by atoms with Crippen molar-refractivity contribution in [3.05, 3.63) is 35.6 Å². The summed E-state index contributed by atoms with van der Waals surface area (Å²) in [5.41, 5.74) is -5.09. The molecule has 25 heavy (non-hydrogen) atoms. The van der Waals surface area contributed by atoms with E-state index in [-0.39, 0.29) is 0 Å². The predicted molar refractivity (Wildman–Crippen MR) is 75.7 cm³/mol. The molecule has 2 N–H and O–H groups in total. The molecule has 1 aromatic rings. The monoisotopic (exact) mass is 374 g/mol. The van der Waals surface area contributed by atoms with Crippen LogP contribution in [0.25, 0.3) is 0 Å². The van der Waals surface area contributed by atoms with Crippen LogP contribution in [0.15, 0.2) is 24.3 Å². The maximum absolute atomic E-state index is 13.5. The second kappa shape index (κ2) is 7.59. The second-order valence-corrected chi connectivity index (χ2v) is 5.84. The van der Waals surface area contributed by atoms with Crippen molar-refractivity contribution in [3.8, 4) is 0 Å². The molecule has 0 heterocycles. The molecule has 10 heteroatoms. The normalized spacial score (nSPS) is 13.2. The van der Waals surface area contributed by atoms with Gasteiger partial charge in [0.2, 0.25) is 5.91 Å². The highest BCUT2D eigenvalue weighted by Crippen LogP contribution is 2.41. The first kappa shape index (κ1) is 21.2. The van der Waals surface area contributed by atoms with Crippen LogP contribution in [-0.2, 0) is 11.3 Å². The highest BCUT2D eigenvalue weighted by Gasteiger charge is 2.72. The molecule has 0 aliphatic rings. The molecule has 0 fully saturated rings. The third-order valence-electron chi connectivity index (χ3n) is 3.27. The number of carbonyl (C=O) groups is 1. The maximum Gasteiger partial charge on any atom is 0.434 e. The molecule has 0 aliphatic carbocycles. The van der Waals surface area contributed by atoms with Gasteiger partial charge in [0.25, 0.3) is 5.66 Å². The number of hydrogen-bond donors (Lipinski definition) is 2. The lowest BCUT2D eigenvalue weighted by atomic mass is 10.1. The van der Waals surface area contributed by atoms with E-state index in [0.717, 1.165) is 17.4 Å². The van der Waals surface area contributed by atoms with Crippen LogP contribution in [0.1, 0.15) is 25.8 Å². The van der Waals surface area contributed by atoms with Crippen molar-refractivity contribution < 1.29 is 35.5 Å². The quantitative estimate of drug-likeness (QED) is 0.586.